The number of thioether (sulfide) groups is 1. The monoisotopic (exact) mass is 276 g/mol. The lowest BCUT2D eigenvalue weighted by molar-refractivity contribution is -0.107. The van der Waals surface area contributed by atoms with E-state index in [4.69, 9.17) is 11.6 Å². The van der Waals surface area contributed by atoms with Gasteiger partial charge in [-0.25, -0.2) is 0 Å². The van der Waals surface area contributed by atoms with Gasteiger partial charge in [0, 0.05) is 4.90 Å². The summed E-state index contributed by atoms with van der Waals surface area (Å²) >= 11 is 7.60. The number of benzene rings is 2. The van der Waals surface area contributed by atoms with Crippen molar-refractivity contribution in [2.24, 2.45) is 0 Å². The van der Waals surface area contributed by atoms with E-state index in [0.717, 1.165) is 23.2 Å². The third kappa shape index (κ3) is 3.62. The van der Waals surface area contributed by atoms with E-state index in [2.05, 4.69) is 0 Å². The fraction of sp³-hybridized carbons (Fsp3) is 0.133. The van der Waals surface area contributed by atoms with Crippen molar-refractivity contribution >= 4 is 29.6 Å². The maximum Gasteiger partial charge on any atom is 0.133 e. The van der Waals surface area contributed by atoms with Gasteiger partial charge in [-0.2, -0.15) is 0 Å². The lowest BCUT2D eigenvalue weighted by Crippen LogP contribution is -2.08. The van der Waals surface area contributed by atoms with Gasteiger partial charge in [-0.3, -0.25) is 0 Å². The lowest BCUT2D eigenvalue weighted by atomic mass is 10.1. The van der Waals surface area contributed by atoms with Crippen LogP contribution in [0.5, 0.6) is 0 Å². The molecule has 0 fully saturated rings. The van der Waals surface area contributed by atoms with Crippen molar-refractivity contribution in [3.63, 3.8) is 0 Å². The van der Waals surface area contributed by atoms with E-state index in [9.17, 15) is 4.79 Å². The molecule has 1 unspecified atom stereocenters. The van der Waals surface area contributed by atoms with E-state index < -0.39 is 0 Å². The van der Waals surface area contributed by atoms with Gasteiger partial charge in [-0.05, 0) is 24.1 Å². The maximum absolute atomic E-state index is 11.2. The second-order valence-electron chi connectivity index (χ2n) is 3.91. The van der Waals surface area contributed by atoms with Crippen molar-refractivity contribution in [1.82, 2.24) is 0 Å². The summed E-state index contributed by atoms with van der Waals surface area (Å²) in [5.74, 6) is 0. The Kier molecular flexibility index (Phi) is 4.85. The fourth-order valence-electron chi connectivity index (χ4n) is 1.67. The average Bonchev–Trinajstić information content (AvgIpc) is 2.41. The SMILES string of the molecule is O=CC(Cc1ccccc1)Sc1ccccc1Cl. The quantitative estimate of drug-likeness (QED) is 0.600. The molecule has 2 rings (SSSR count). The molecule has 0 radical (unpaired) electrons. The van der Waals surface area contributed by atoms with Crippen LogP contribution < -0.4 is 0 Å². The summed E-state index contributed by atoms with van der Waals surface area (Å²) < 4.78 is 0. The molecule has 0 aromatic heterocycles. The second kappa shape index (κ2) is 6.62. The molecule has 0 saturated heterocycles. The highest BCUT2D eigenvalue weighted by molar-refractivity contribution is 8.00. The van der Waals surface area contributed by atoms with Gasteiger partial charge in [0.2, 0.25) is 0 Å². The zero-order valence-electron chi connectivity index (χ0n) is 9.75. The van der Waals surface area contributed by atoms with Crippen LogP contribution in [0.1, 0.15) is 5.56 Å². The number of rotatable bonds is 5. The van der Waals surface area contributed by atoms with Crippen LogP contribution in [0.2, 0.25) is 5.02 Å². The topological polar surface area (TPSA) is 17.1 Å². The summed E-state index contributed by atoms with van der Waals surface area (Å²) in [4.78, 5) is 12.1. The summed E-state index contributed by atoms with van der Waals surface area (Å²) in [5, 5.41) is 0.592. The van der Waals surface area contributed by atoms with E-state index >= 15 is 0 Å². The highest BCUT2D eigenvalue weighted by atomic mass is 35.5. The highest BCUT2D eigenvalue weighted by Gasteiger charge is 2.12. The number of hydrogen-bond donors (Lipinski definition) is 0. The van der Waals surface area contributed by atoms with Gasteiger partial charge in [-0.15, -0.1) is 11.8 Å². The van der Waals surface area contributed by atoms with E-state index in [1.807, 2.05) is 54.6 Å². The Morgan fingerprint density at radius 3 is 2.39 bits per heavy atom. The van der Waals surface area contributed by atoms with Crippen molar-refractivity contribution in [1.29, 1.82) is 0 Å². The van der Waals surface area contributed by atoms with Crippen LogP contribution in [0.15, 0.2) is 59.5 Å². The molecule has 3 heteroatoms. The van der Waals surface area contributed by atoms with Gasteiger partial charge >= 0.3 is 0 Å². The molecule has 0 aliphatic rings. The Hall–Kier alpha value is -1.25. The Bertz CT molecular complexity index is 513. The van der Waals surface area contributed by atoms with Crippen LogP contribution in [0, 0.1) is 0 Å². The van der Waals surface area contributed by atoms with Gasteiger partial charge in [0.15, 0.2) is 0 Å². The second-order valence-corrected chi connectivity index (χ2v) is 5.60. The first-order chi connectivity index (χ1) is 8.79. The minimum absolute atomic E-state index is 0.104. The average molecular weight is 277 g/mol. The third-order valence-electron chi connectivity index (χ3n) is 2.55. The summed E-state index contributed by atoms with van der Waals surface area (Å²) in [6.07, 6.45) is 1.71. The first kappa shape index (κ1) is 13.2. The molecule has 1 atom stereocenters. The summed E-state index contributed by atoms with van der Waals surface area (Å²) in [6.45, 7) is 0. The molecular formula is C15H13ClOS. The minimum atomic E-state index is -0.104. The van der Waals surface area contributed by atoms with E-state index in [1.165, 1.54) is 11.8 Å². The molecule has 2 aromatic rings. The molecule has 0 heterocycles. The van der Waals surface area contributed by atoms with Crippen LogP contribution in [-0.4, -0.2) is 11.5 Å². The Labute approximate surface area is 116 Å². The summed E-state index contributed by atoms with van der Waals surface area (Å²) in [7, 11) is 0. The van der Waals surface area contributed by atoms with Crippen molar-refractivity contribution in [2.75, 3.05) is 0 Å². The number of carbonyl (C=O) groups excluding carboxylic acids is 1. The van der Waals surface area contributed by atoms with Crippen molar-refractivity contribution in [3.8, 4) is 0 Å². The van der Waals surface area contributed by atoms with Crippen LogP contribution in [-0.2, 0) is 11.2 Å². The van der Waals surface area contributed by atoms with Crippen LogP contribution in [0.25, 0.3) is 0 Å². The van der Waals surface area contributed by atoms with Gasteiger partial charge in [0.05, 0.1) is 10.3 Å². The zero-order chi connectivity index (χ0) is 12.8. The lowest BCUT2D eigenvalue weighted by Gasteiger charge is -2.11. The molecule has 92 valence electrons. The normalized spacial score (nSPS) is 12.1. The minimum Gasteiger partial charge on any atom is -0.302 e. The van der Waals surface area contributed by atoms with E-state index in [0.29, 0.717) is 5.02 Å². The predicted octanol–water partition coefficient (Wildman–Crippen LogP) is 4.24. The molecule has 1 nitrogen and oxygen atoms in total. The van der Waals surface area contributed by atoms with E-state index in [1.54, 1.807) is 0 Å². The smallest absolute Gasteiger partial charge is 0.133 e. The molecule has 0 saturated carbocycles. The molecule has 0 amide bonds. The van der Waals surface area contributed by atoms with E-state index in [-0.39, 0.29) is 5.25 Å². The summed E-state index contributed by atoms with van der Waals surface area (Å²) in [5.41, 5.74) is 1.16. The summed E-state index contributed by atoms with van der Waals surface area (Å²) in [6, 6.07) is 17.6. The third-order valence-corrected chi connectivity index (χ3v) is 4.18. The molecule has 2 aromatic carbocycles. The number of carbonyl (C=O) groups is 1. The van der Waals surface area contributed by atoms with Gasteiger partial charge < -0.3 is 4.79 Å². The first-order valence-electron chi connectivity index (χ1n) is 5.70. The van der Waals surface area contributed by atoms with Crippen molar-refractivity contribution in [3.05, 3.63) is 65.2 Å². The molecule has 18 heavy (non-hydrogen) atoms. The Balaban J connectivity index is 2.07. The first-order valence-corrected chi connectivity index (χ1v) is 6.96. The fourth-order valence-corrected chi connectivity index (χ4v) is 2.93. The van der Waals surface area contributed by atoms with Crippen molar-refractivity contribution in [2.45, 2.75) is 16.6 Å². The Morgan fingerprint density at radius 2 is 1.72 bits per heavy atom. The predicted molar refractivity (Wildman–Crippen MR) is 77.3 cm³/mol. The molecular weight excluding hydrogens is 264 g/mol. The standard InChI is InChI=1S/C15H13ClOS/c16-14-8-4-5-9-15(14)18-13(11-17)10-12-6-2-1-3-7-12/h1-9,11,13H,10H2. The van der Waals surface area contributed by atoms with Crippen molar-refractivity contribution < 1.29 is 4.79 Å². The van der Waals surface area contributed by atoms with Gasteiger partial charge in [0.1, 0.15) is 6.29 Å². The zero-order valence-corrected chi connectivity index (χ0v) is 11.3. The molecule has 0 spiro atoms. The number of hydrogen-bond acceptors (Lipinski definition) is 2. The molecule has 0 aliphatic carbocycles. The molecule has 0 aliphatic heterocycles. The van der Waals surface area contributed by atoms with Gasteiger partial charge in [-0.1, -0.05) is 54.1 Å². The highest BCUT2D eigenvalue weighted by Crippen LogP contribution is 2.30. The van der Waals surface area contributed by atoms with Crippen LogP contribution >= 0.6 is 23.4 Å². The molecule has 0 N–H and O–H groups in total. The van der Waals surface area contributed by atoms with Crippen LogP contribution in [0.3, 0.4) is 0 Å². The largest absolute Gasteiger partial charge is 0.302 e. The maximum atomic E-state index is 11.2. The number of aldehydes is 1. The number of halogens is 1. The Morgan fingerprint density at radius 1 is 1.06 bits per heavy atom. The van der Waals surface area contributed by atoms with Gasteiger partial charge in [0.25, 0.3) is 0 Å². The van der Waals surface area contributed by atoms with Crippen LogP contribution in [0.4, 0.5) is 0 Å². The molecule has 0 bridgehead atoms.